The number of benzene rings is 1. The number of aromatic nitrogens is 2. The van der Waals surface area contributed by atoms with E-state index in [4.69, 9.17) is 0 Å². The van der Waals surface area contributed by atoms with Crippen molar-refractivity contribution in [3.05, 3.63) is 66.5 Å². The molecule has 2 bridgehead atoms. The van der Waals surface area contributed by atoms with Gasteiger partial charge in [-0.05, 0) is 36.8 Å². The molecule has 1 atom stereocenters. The number of halogens is 2. The molecule has 1 fully saturated rings. The zero-order valence-corrected chi connectivity index (χ0v) is 15.3. The van der Waals surface area contributed by atoms with E-state index in [1.165, 1.54) is 24.4 Å². The zero-order chi connectivity index (χ0) is 20.0. The number of fused-ring (bicyclic) bond motifs is 4. The van der Waals surface area contributed by atoms with Crippen LogP contribution in [0.15, 0.2) is 54.9 Å². The lowest BCUT2D eigenvalue weighted by atomic mass is 10.1. The molecule has 29 heavy (non-hydrogen) atoms. The first kappa shape index (κ1) is 17.5. The van der Waals surface area contributed by atoms with E-state index in [-0.39, 0.29) is 17.5 Å². The van der Waals surface area contributed by atoms with Crippen LogP contribution in [0.5, 0.6) is 0 Å². The molecule has 0 unspecified atom stereocenters. The van der Waals surface area contributed by atoms with Crippen LogP contribution in [0.4, 0.5) is 30.8 Å². The summed E-state index contributed by atoms with van der Waals surface area (Å²) in [5.41, 5.74) is 2.09. The fraction of sp³-hybridized carbons (Fsp3) is 0.190. The van der Waals surface area contributed by atoms with E-state index >= 15 is 0 Å². The first-order valence-corrected chi connectivity index (χ1v) is 9.32. The topological polar surface area (TPSA) is 61.4 Å². The molecular weight excluding hydrogens is 376 g/mol. The van der Waals surface area contributed by atoms with Crippen molar-refractivity contribution in [3.8, 4) is 11.3 Å². The molecule has 1 aromatic carbocycles. The van der Waals surface area contributed by atoms with Gasteiger partial charge in [0.15, 0.2) is 11.6 Å². The van der Waals surface area contributed by atoms with Gasteiger partial charge < -0.3 is 10.2 Å². The Morgan fingerprint density at radius 1 is 1.17 bits per heavy atom. The Kier molecular flexibility index (Phi) is 4.12. The van der Waals surface area contributed by atoms with Crippen molar-refractivity contribution in [1.82, 2.24) is 9.97 Å². The minimum atomic E-state index is -0.604. The van der Waals surface area contributed by atoms with Crippen LogP contribution >= 0.6 is 0 Å². The minimum absolute atomic E-state index is 0.0632. The molecule has 2 aromatic heterocycles. The second-order valence-electron chi connectivity index (χ2n) is 7.09. The van der Waals surface area contributed by atoms with Crippen molar-refractivity contribution in [2.75, 3.05) is 28.2 Å². The van der Waals surface area contributed by atoms with Gasteiger partial charge in [-0.3, -0.25) is 9.88 Å². The number of hydrogen-bond acceptors (Lipinski definition) is 4. The molecule has 4 heterocycles. The third-order valence-electron chi connectivity index (χ3n) is 5.31. The molecule has 3 aromatic rings. The number of anilines is 3. The van der Waals surface area contributed by atoms with Gasteiger partial charge in [-0.15, -0.1) is 0 Å². The molecule has 0 saturated carbocycles. The molecule has 2 amide bonds. The molecule has 8 heteroatoms. The molecule has 5 rings (SSSR count). The molecule has 2 aliphatic heterocycles. The van der Waals surface area contributed by atoms with Crippen LogP contribution in [-0.4, -0.2) is 35.1 Å². The SMILES string of the molecule is O=C(Nc1ccncc1F)N1c2nc(-c3cccc(F)c3)ccc2N2CC[C@H]1C2. The third kappa shape index (κ3) is 3.06. The first-order chi connectivity index (χ1) is 14.1. The van der Waals surface area contributed by atoms with Gasteiger partial charge in [0.2, 0.25) is 0 Å². The van der Waals surface area contributed by atoms with Gasteiger partial charge in [-0.2, -0.15) is 0 Å². The Morgan fingerprint density at radius 2 is 2.07 bits per heavy atom. The van der Waals surface area contributed by atoms with Gasteiger partial charge in [0, 0.05) is 24.8 Å². The summed E-state index contributed by atoms with van der Waals surface area (Å²) in [5, 5.41) is 2.63. The lowest BCUT2D eigenvalue weighted by molar-refractivity contribution is 0.254. The van der Waals surface area contributed by atoms with Crippen molar-refractivity contribution in [2.24, 2.45) is 0 Å². The standard InChI is InChI=1S/C21H17F2N5O/c22-14-3-1-2-13(10-14)17-4-5-19-20(25-17)28(15-7-9-27(19)12-15)21(29)26-18-6-8-24-11-16(18)23/h1-6,8,10-11,15H,7,9,12H2,(H,24,26,29)/t15-/m0/s1. The highest BCUT2D eigenvalue weighted by atomic mass is 19.1. The van der Waals surface area contributed by atoms with Crippen molar-refractivity contribution < 1.29 is 13.6 Å². The van der Waals surface area contributed by atoms with E-state index < -0.39 is 11.8 Å². The van der Waals surface area contributed by atoms with Crippen LogP contribution in [0.25, 0.3) is 11.3 Å². The number of carbonyl (C=O) groups excluding carboxylic acids is 1. The molecule has 0 spiro atoms. The molecule has 1 saturated heterocycles. The van der Waals surface area contributed by atoms with Crippen molar-refractivity contribution >= 4 is 23.2 Å². The van der Waals surface area contributed by atoms with Gasteiger partial charge >= 0.3 is 6.03 Å². The maximum atomic E-state index is 14.0. The molecule has 146 valence electrons. The normalized spacial score (nSPS) is 17.2. The van der Waals surface area contributed by atoms with Gasteiger partial charge in [0.1, 0.15) is 5.82 Å². The number of nitrogens with one attached hydrogen (secondary N) is 1. The summed E-state index contributed by atoms with van der Waals surface area (Å²) in [6, 6.07) is 10.8. The highest BCUT2D eigenvalue weighted by Crippen LogP contribution is 2.40. The summed E-state index contributed by atoms with van der Waals surface area (Å²) in [6.45, 7) is 1.51. The predicted octanol–water partition coefficient (Wildman–Crippen LogP) is 4.05. The van der Waals surface area contributed by atoms with Gasteiger partial charge in [-0.1, -0.05) is 12.1 Å². The molecular formula is C21H17F2N5O. The number of rotatable bonds is 2. The molecule has 0 aliphatic carbocycles. The number of nitrogens with zero attached hydrogens (tertiary/aromatic N) is 4. The fourth-order valence-electron chi connectivity index (χ4n) is 3.93. The summed E-state index contributed by atoms with van der Waals surface area (Å²) in [6.07, 6.45) is 3.26. The molecule has 2 aliphatic rings. The van der Waals surface area contributed by atoms with E-state index in [1.54, 1.807) is 17.0 Å². The van der Waals surface area contributed by atoms with Gasteiger partial charge in [-0.25, -0.2) is 18.6 Å². The van der Waals surface area contributed by atoms with E-state index in [0.717, 1.165) is 24.8 Å². The number of hydrogen-bond donors (Lipinski definition) is 1. The van der Waals surface area contributed by atoms with Crippen LogP contribution in [0.3, 0.4) is 0 Å². The highest BCUT2D eigenvalue weighted by molar-refractivity contribution is 6.04. The number of urea groups is 1. The van der Waals surface area contributed by atoms with Crippen LogP contribution < -0.4 is 15.1 Å². The highest BCUT2D eigenvalue weighted by Gasteiger charge is 2.40. The summed E-state index contributed by atoms with van der Waals surface area (Å²) in [7, 11) is 0. The largest absolute Gasteiger partial charge is 0.366 e. The van der Waals surface area contributed by atoms with E-state index in [1.807, 2.05) is 12.1 Å². The van der Waals surface area contributed by atoms with E-state index in [0.29, 0.717) is 23.6 Å². The quantitative estimate of drug-likeness (QED) is 0.714. The summed E-state index contributed by atoms with van der Waals surface area (Å²) < 4.78 is 27.6. The second-order valence-corrected chi connectivity index (χ2v) is 7.09. The van der Waals surface area contributed by atoms with Crippen LogP contribution in [-0.2, 0) is 0 Å². The molecule has 6 nitrogen and oxygen atoms in total. The second kappa shape index (κ2) is 6.80. The molecule has 0 radical (unpaired) electrons. The monoisotopic (exact) mass is 393 g/mol. The van der Waals surface area contributed by atoms with Crippen molar-refractivity contribution in [2.45, 2.75) is 12.5 Å². The maximum Gasteiger partial charge on any atom is 0.327 e. The Morgan fingerprint density at radius 3 is 2.90 bits per heavy atom. The third-order valence-corrected chi connectivity index (χ3v) is 5.31. The van der Waals surface area contributed by atoms with Gasteiger partial charge in [0.05, 0.1) is 29.3 Å². The van der Waals surface area contributed by atoms with Crippen molar-refractivity contribution in [1.29, 1.82) is 0 Å². The van der Waals surface area contributed by atoms with Gasteiger partial charge in [0.25, 0.3) is 0 Å². The number of carbonyl (C=O) groups is 1. The van der Waals surface area contributed by atoms with Crippen LogP contribution in [0.1, 0.15) is 6.42 Å². The summed E-state index contributed by atoms with van der Waals surface area (Å²) in [4.78, 5) is 25.2. The zero-order valence-electron chi connectivity index (χ0n) is 15.3. The summed E-state index contributed by atoms with van der Waals surface area (Å²) >= 11 is 0. The van der Waals surface area contributed by atoms with Crippen LogP contribution in [0.2, 0.25) is 0 Å². The minimum Gasteiger partial charge on any atom is -0.366 e. The lowest BCUT2D eigenvalue weighted by Crippen LogP contribution is -2.48. The van der Waals surface area contributed by atoms with Crippen molar-refractivity contribution in [3.63, 3.8) is 0 Å². The average Bonchev–Trinajstić information content (AvgIpc) is 3.14. The Balaban J connectivity index is 1.55. The summed E-state index contributed by atoms with van der Waals surface area (Å²) in [5.74, 6) is -0.464. The first-order valence-electron chi connectivity index (χ1n) is 9.32. The average molecular weight is 393 g/mol. The fourth-order valence-corrected chi connectivity index (χ4v) is 3.93. The van der Waals surface area contributed by atoms with Crippen LogP contribution in [0, 0.1) is 11.6 Å². The Labute approximate surface area is 165 Å². The smallest absolute Gasteiger partial charge is 0.327 e. The maximum absolute atomic E-state index is 14.0. The van der Waals surface area contributed by atoms with E-state index in [2.05, 4.69) is 20.2 Å². The number of amides is 2. The molecule has 1 N–H and O–H groups in total. The predicted molar refractivity (Wildman–Crippen MR) is 106 cm³/mol. The Bertz CT molecular complexity index is 1110. The number of pyridine rings is 2. The van der Waals surface area contributed by atoms with E-state index in [9.17, 15) is 13.6 Å². The lowest BCUT2D eigenvalue weighted by Gasteiger charge is -2.36. The Hall–Kier alpha value is -3.55.